The summed E-state index contributed by atoms with van der Waals surface area (Å²) in [6.07, 6.45) is 0. The van der Waals surface area contributed by atoms with Crippen molar-refractivity contribution in [2.24, 2.45) is 0 Å². The molecule has 2 aromatic carbocycles. The molecule has 2 amide bonds. The van der Waals surface area contributed by atoms with Crippen LogP contribution in [0.1, 0.15) is 17.2 Å². The Kier molecular flexibility index (Phi) is 6.87. The molecule has 9 heteroatoms. The summed E-state index contributed by atoms with van der Waals surface area (Å²) in [7, 11) is 2.07. The minimum atomic E-state index is -0.709. The predicted molar refractivity (Wildman–Crippen MR) is 116 cm³/mol. The van der Waals surface area contributed by atoms with Gasteiger partial charge in [-0.1, -0.05) is 18.2 Å². The number of benzene rings is 2. The van der Waals surface area contributed by atoms with Crippen LogP contribution >= 0.6 is 0 Å². The summed E-state index contributed by atoms with van der Waals surface area (Å²) >= 11 is 0. The summed E-state index contributed by atoms with van der Waals surface area (Å²) in [5.74, 6) is -0.437. The molecule has 2 aromatic rings. The van der Waals surface area contributed by atoms with Crippen molar-refractivity contribution < 1.29 is 23.5 Å². The first-order chi connectivity index (χ1) is 15.5. The van der Waals surface area contributed by atoms with Crippen LogP contribution < -0.4 is 20.1 Å². The van der Waals surface area contributed by atoms with Gasteiger partial charge < -0.3 is 25.0 Å². The maximum Gasteiger partial charge on any atom is 0.309 e. The van der Waals surface area contributed by atoms with Crippen LogP contribution in [-0.4, -0.2) is 68.2 Å². The molecule has 2 heterocycles. The van der Waals surface area contributed by atoms with Crippen LogP contribution in [0.5, 0.6) is 11.5 Å². The average molecular weight is 442 g/mol. The highest BCUT2D eigenvalue weighted by Gasteiger charge is 2.25. The summed E-state index contributed by atoms with van der Waals surface area (Å²) in [5, 5.41) is 5.37. The number of nitrogens with one attached hydrogen (secondary N) is 2. The Morgan fingerprint density at radius 2 is 1.66 bits per heavy atom. The average Bonchev–Trinajstić information content (AvgIpc) is 3.27. The van der Waals surface area contributed by atoms with Crippen LogP contribution in [0.2, 0.25) is 0 Å². The van der Waals surface area contributed by atoms with E-state index in [4.69, 9.17) is 9.47 Å². The molecular formula is C23H27FN4O4. The maximum absolute atomic E-state index is 13.4. The molecule has 0 aromatic heterocycles. The molecule has 4 rings (SSSR count). The fourth-order valence-corrected chi connectivity index (χ4v) is 3.86. The summed E-state index contributed by atoms with van der Waals surface area (Å²) in [5.41, 5.74) is 1.70. The first-order valence-corrected chi connectivity index (χ1v) is 10.6. The van der Waals surface area contributed by atoms with Crippen molar-refractivity contribution in [2.75, 3.05) is 46.6 Å². The monoisotopic (exact) mass is 442 g/mol. The van der Waals surface area contributed by atoms with Crippen LogP contribution in [-0.2, 0) is 16.1 Å². The van der Waals surface area contributed by atoms with E-state index in [1.807, 2.05) is 6.07 Å². The second kappa shape index (κ2) is 9.97. The molecule has 2 aliphatic heterocycles. The molecule has 0 saturated carbocycles. The van der Waals surface area contributed by atoms with E-state index in [1.54, 1.807) is 24.3 Å². The number of carbonyl (C=O) groups excluding carboxylic acids is 2. The maximum atomic E-state index is 13.4. The highest BCUT2D eigenvalue weighted by atomic mass is 19.1. The lowest BCUT2D eigenvalue weighted by atomic mass is 10.0. The quantitative estimate of drug-likeness (QED) is 0.656. The highest BCUT2D eigenvalue weighted by molar-refractivity contribution is 6.35. The van der Waals surface area contributed by atoms with E-state index in [2.05, 4.69) is 27.5 Å². The van der Waals surface area contributed by atoms with Gasteiger partial charge in [-0.05, 0) is 42.4 Å². The summed E-state index contributed by atoms with van der Waals surface area (Å²) in [6.45, 7) is 4.09. The van der Waals surface area contributed by atoms with Gasteiger partial charge in [0.25, 0.3) is 0 Å². The predicted octanol–water partition coefficient (Wildman–Crippen LogP) is 1.28. The van der Waals surface area contributed by atoms with Gasteiger partial charge in [-0.15, -0.1) is 0 Å². The fourth-order valence-electron chi connectivity index (χ4n) is 3.86. The van der Waals surface area contributed by atoms with Crippen molar-refractivity contribution in [1.29, 1.82) is 0 Å². The Labute approximate surface area is 186 Å². The molecule has 0 aliphatic carbocycles. The van der Waals surface area contributed by atoms with E-state index in [1.165, 1.54) is 12.1 Å². The number of ether oxygens (including phenoxy) is 2. The van der Waals surface area contributed by atoms with Crippen LogP contribution in [0.4, 0.5) is 4.39 Å². The highest BCUT2D eigenvalue weighted by Crippen LogP contribution is 2.32. The molecule has 0 unspecified atom stereocenters. The number of piperazine rings is 1. The Morgan fingerprint density at radius 3 is 2.41 bits per heavy atom. The zero-order valence-electron chi connectivity index (χ0n) is 18.0. The molecule has 1 saturated heterocycles. The van der Waals surface area contributed by atoms with Gasteiger partial charge in [0.15, 0.2) is 11.5 Å². The lowest BCUT2D eigenvalue weighted by molar-refractivity contribution is -0.139. The molecule has 0 bridgehead atoms. The van der Waals surface area contributed by atoms with E-state index >= 15 is 0 Å². The van der Waals surface area contributed by atoms with Crippen LogP contribution in [0, 0.1) is 5.82 Å². The van der Waals surface area contributed by atoms with Crippen LogP contribution in [0.25, 0.3) is 0 Å². The molecule has 0 spiro atoms. The van der Waals surface area contributed by atoms with E-state index in [0.29, 0.717) is 11.5 Å². The van der Waals surface area contributed by atoms with E-state index in [-0.39, 0.29) is 31.7 Å². The lowest BCUT2D eigenvalue weighted by Gasteiger charge is -2.38. The Bertz CT molecular complexity index is 961. The fraction of sp³-hybridized carbons (Fsp3) is 0.391. The van der Waals surface area contributed by atoms with Crippen molar-refractivity contribution >= 4 is 11.8 Å². The number of amides is 2. The minimum Gasteiger partial charge on any atom is -0.454 e. The zero-order valence-corrected chi connectivity index (χ0v) is 18.0. The third-order valence-corrected chi connectivity index (χ3v) is 5.79. The molecular weight excluding hydrogens is 415 g/mol. The largest absolute Gasteiger partial charge is 0.454 e. The Hall–Kier alpha value is -3.17. The van der Waals surface area contributed by atoms with Crippen molar-refractivity contribution in [3.63, 3.8) is 0 Å². The first-order valence-electron chi connectivity index (χ1n) is 10.6. The van der Waals surface area contributed by atoms with Gasteiger partial charge in [-0.25, -0.2) is 4.39 Å². The topological polar surface area (TPSA) is 83.1 Å². The molecule has 2 aliphatic rings. The minimum absolute atomic E-state index is 0.144. The Balaban J connectivity index is 1.33. The number of fused-ring (bicyclic) bond motifs is 1. The van der Waals surface area contributed by atoms with Gasteiger partial charge in [0.05, 0.1) is 6.04 Å². The smallest absolute Gasteiger partial charge is 0.309 e. The number of nitrogens with zero attached hydrogens (tertiary/aromatic N) is 2. The van der Waals surface area contributed by atoms with Crippen molar-refractivity contribution in [1.82, 2.24) is 20.4 Å². The molecule has 8 nitrogen and oxygen atoms in total. The van der Waals surface area contributed by atoms with Gasteiger partial charge >= 0.3 is 11.8 Å². The normalized spacial score (nSPS) is 17.1. The number of rotatable bonds is 6. The second-order valence-corrected chi connectivity index (χ2v) is 7.99. The van der Waals surface area contributed by atoms with Gasteiger partial charge in [-0.3, -0.25) is 14.5 Å². The standard InChI is InChI=1S/C23H27FN4O4/c1-27-8-10-28(11-9-27)19(17-3-5-18(24)6-4-17)14-26-23(30)22(29)25-13-16-2-7-20-21(12-16)32-15-31-20/h2-7,12,19H,8-11,13-15H2,1H3,(H,25,29)(H,26,30)/t19-/m1/s1. The number of carbonyl (C=O) groups is 2. The third-order valence-electron chi connectivity index (χ3n) is 5.79. The first kappa shape index (κ1) is 22.0. The molecule has 1 atom stereocenters. The molecule has 1 fully saturated rings. The van der Waals surface area contributed by atoms with Crippen molar-refractivity contribution in [3.8, 4) is 11.5 Å². The van der Waals surface area contributed by atoms with Gasteiger partial charge in [0.2, 0.25) is 6.79 Å². The molecule has 170 valence electrons. The van der Waals surface area contributed by atoms with Crippen LogP contribution in [0.3, 0.4) is 0 Å². The zero-order chi connectivity index (χ0) is 22.5. The van der Waals surface area contributed by atoms with E-state index in [0.717, 1.165) is 37.3 Å². The number of likely N-dealkylation sites (N-methyl/N-ethyl adjacent to an activating group) is 1. The lowest BCUT2D eigenvalue weighted by Crippen LogP contribution is -2.49. The van der Waals surface area contributed by atoms with E-state index < -0.39 is 11.8 Å². The van der Waals surface area contributed by atoms with Gasteiger partial charge in [0.1, 0.15) is 5.82 Å². The summed E-state index contributed by atoms with van der Waals surface area (Å²) in [6, 6.07) is 11.5. The number of hydrogen-bond donors (Lipinski definition) is 2. The summed E-state index contributed by atoms with van der Waals surface area (Å²) < 4.78 is 24.0. The third kappa shape index (κ3) is 5.35. The summed E-state index contributed by atoms with van der Waals surface area (Å²) in [4.78, 5) is 29.2. The van der Waals surface area contributed by atoms with Crippen molar-refractivity contribution in [2.45, 2.75) is 12.6 Å². The molecule has 2 N–H and O–H groups in total. The molecule has 32 heavy (non-hydrogen) atoms. The van der Waals surface area contributed by atoms with E-state index in [9.17, 15) is 14.0 Å². The number of hydrogen-bond acceptors (Lipinski definition) is 6. The van der Waals surface area contributed by atoms with Gasteiger partial charge in [0, 0.05) is 39.3 Å². The van der Waals surface area contributed by atoms with Crippen LogP contribution in [0.15, 0.2) is 42.5 Å². The Morgan fingerprint density at radius 1 is 0.969 bits per heavy atom. The second-order valence-electron chi connectivity index (χ2n) is 7.99. The SMILES string of the molecule is CN1CCN([C@H](CNC(=O)C(=O)NCc2ccc3c(c2)OCO3)c2ccc(F)cc2)CC1. The molecule has 0 radical (unpaired) electrons. The van der Waals surface area contributed by atoms with Crippen molar-refractivity contribution in [3.05, 3.63) is 59.4 Å². The number of halogens is 1. The van der Waals surface area contributed by atoms with Gasteiger partial charge in [-0.2, -0.15) is 0 Å².